The molecule has 29 heavy (non-hydrogen) atoms. The van der Waals surface area contributed by atoms with Gasteiger partial charge in [-0.25, -0.2) is 4.98 Å². The highest BCUT2D eigenvalue weighted by Crippen LogP contribution is 2.19. The van der Waals surface area contributed by atoms with Gasteiger partial charge in [0.25, 0.3) is 5.91 Å². The largest absolute Gasteiger partial charge is 0.340 e. The van der Waals surface area contributed by atoms with Gasteiger partial charge >= 0.3 is 0 Å². The zero-order valence-corrected chi connectivity index (χ0v) is 16.9. The van der Waals surface area contributed by atoms with Gasteiger partial charge in [-0.15, -0.1) is 0 Å². The van der Waals surface area contributed by atoms with Crippen LogP contribution in [0.2, 0.25) is 5.02 Å². The summed E-state index contributed by atoms with van der Waals surface area (Å²) in [6.45, 7) is 4.00. The molecule has 150 valence electrons. The van der Waals surface area contributed by atoms with Crippen LogP contribution < -0.4 is 10.6 Å². The van der Waals surface area contributed by atoms with Crippen molar-refractivity contribution in [2.75, 3.05) is 5.32 Å². The van der Waals surface area contributed by atoms with Crippen LogP contribution in [0.15, 0.2) is 54.9 Å². The SMILES string of the molecule is CC(C)CC(NC(=O)c1ccc(Cl)cc1)C(=O)Nc1cccc(-c2ncn[nH]2)c1. The van der Waals surface area contributed by atoms with E-state index in [9.17, 15) is 9.59 Å². The Morgan fingerprint density at radius 1 is 1.14 bits per heavy atom. The molecule has 0 aliphatic carbocycles. The van der Waals surface area contributed by atoms with Crippen LogP contribution in [0.4, 0.5) is 5.69 Å². The fraction of sp³-hybridized carbons (Fsp3) is 0.238. The zero-order valence-electron chi connectivity index (χ0n) is 16.1. The van der Waals surface area contributed by atoms with Gasteiger partial charge in [0.2, 0.25) is 5.91 Å². The number of nitrogens with one attached hydrogen (secondary N) is 3. The zero-order chi connectivity index (χ0) is 20.8. The maximum atomic E-state index is 12.9. The molecule has 0 fully saturated rings. The first kappa shape index (κ1) is 20.5. The summed E-state index contributed by atoms with van der Waals surface area (Å²) in [5, 5.41) is 12.9. The molecule has 0 bridgehead atoms. The molecule has 3 N–H and O–H groups in total. The number of benzene rings is 2. The summed E-state index contributed by atoms with van der Waals surface area (Å²) in [5.41, 5.74) is 1.85. The summed E-state index contributed by atoms with van der Waals surface area (Å²) in [5.74, 6) is 0.223. The van der Waals surface area contributed by atoms with Gasteiger partial charge in [0.1, 0.15) is 12.4 Å². The van der Waals surface area contributed by atoms with E-state index in [1.165, 1.54) is 6.33 Å². The molecule has 1 atom stereocenters. The van der Waals surface area contributed by atoms with Crippen LogP contribution in [-0.2, 0) is 4.79 Å². The quantitative estimate of drug-likeness (QED) is 0.548. The number of rotatable bonds is 7. The topological polar surface area (TPSA) is 99.8 Å². The molecule has 0 radical (unpaired) electrons. The van der Waals surface area contributed by atoms with Crippen molar-refractivity contribution in [1.29, 1.82) is 0 Å². The fourth-order valence-corrected chi connectivity index (χ4v) is 2.99. The van der Waals surface area contributed by atoms with Crippen molar-refractivity contribution in [3.05, 3.63) is 65.4 Å². The van der Waals surface area contributed by atoms with E-state index < -0.39 is 6.04 Å². The maximum absolute atomic E-state index is 12.9. The molecule has 1 heterocycles. The van der Waals surface area contributed by atoms with Crippen molar-refractivity contribution in [3.63, 3.8) is 0 Å². The molecule has 2 amide bonds. The molecule has 8 heteroatoms. The molecular formula is C21H22ClN5O2. The standard InChI is InChI=1S/C21H22ClN5O2/c1-13(2)10-18(26-20(28)14-6-8-16(22)9-7-14)21(29)25-17-5-3-4-15(11-17)19-23-12-24-27-19/h3-9,11-13,18H,10H2,1-2H3,(H,25,29)(H,26,28)(H,23,24,27). The van der Waals surface area contributed by atoms with E-state index in [1.807, 2.05) is 26.0 Å². The van der Waals surface area contributed by atoms with E-state index in [2.05, 4.69) is 25.8 Å². The molecular weight excluding hydrogens is 390 g/mol. The lowest BCUT2D eigenvalue weighted by Gasteiger charge is -2.20. The molecule has 7 nitrogen and oxygen atoms in total. The lowest BCUT2D eigenvalue weighted by molar-refractivity contribution is -0.118. The molecule has 1 aromatic heterocycles. The van der Waals surface area contributed by atoms with Gasteiger partial charge in [-0.1, -0.05) is 37.6 Å². The predicted molar refractivity (Wildman–Crippen MR) is 113 cm³/mol. The first-order valence-corrected chi connectivity index (χ1v) is 9.63. The summed E-state index contributed by atoms with van der Waals surface area (Å²) in [6.07, 6.45) is 1.93. The Morgan fingerprint density at radius 2 is 1.90 bits per heavy atom. The Hall–Kier alpha value is -3.19. The van der Waals surface area contributed by atoms with Crippen molar-refractivity contribution in [2.45, 2.75) is 26.3 Å². The van der Waals surface area contributed by atoms with Crippen LogP contribution in [-0.4, -0.2) is 33.0 Å². The minimum absolute atomic E-state index is 0.219. The van der Waals surface area contributed by atoms with Crippen molar-refractivity contribution >= 4 is 29.1 Å². The average Bonchev–Trinajstić information content (AvgIpc) is 3.22. The lowest BCUT2D eigenvalue weighted by Crippen LogP contribution is -2.44. The molecule has 0 aliphatic rings. The van der Waals surface area contributed by atoms with Crippen molar-refractivity contribution in [3.8, 4) is 11.4 Å². The van der Waals surface area contributed by atoms with Crippen molar-refractivity contribution < 1.29 is 9.59 Å². The summed E-state index contributed by atoms with van der Waals surface area (Å²) < 4.78 is 0. The minimum Gasteiger partial charge on any atom is -0.340 e. The van der Waals surface area contributed by atoms with E-state index in [0.29, 0.717) is 28.5 Å². The number of hydrogen-bond donors (Lipinski definition) is 3. The molecule has 3 aromatic rings. The average molecular weight is 412 g/mol. The highest BCUT2D eigenvalue weighted by Gasteiger charge is 2.23. The Kier molecular flexibility index (Phi) is 6.61. The van der Waals surface area contributed by atoms with E-state index >= 15 is 0 Å². The molecule has 0 saturated heterocycles. The van der Waals surface area contributed by atoms with E-state index in [0.717, 1.165) is 5.56 Å². The van der Waals surface area contributed by atoms with Gasteiger partial charge in [0.05, 0.1) is 0 Å². The Balaban J connectivity index is 1.73. The number of carbonyl (C=O) groups is 2. The van der Waals surface area contributed by atoms with Crippen LogP contribution in [0.25, 0.3) is 11.4 Å². The van der Waals surface area contributed by atoms with E-state index in [4.69, 9.17) is 11.6 Å². The van der Waals surface area contributed by atoms with Crippen LogP contribution in [0.3, 0.4) is 0 Å². The second kappa shape index (κ2) is 9.34. The van der Waals surface area contributed by atoms with Crippen LogP contribution in [0.5, 0.6) is 0 Å². The highest BCUT2D eigenvalue weighted by atomic mass is 35.5. The summed E-state index contributed by atoms with van der Waals surface area (Å²) in [7, 11) is 0. The molecule has 0 spiro atoms. The van der Waals surface area contributed by atoms with E-state index in [-0.39, 0.29) is 17.7 Å². The minimum atomic E-state index is -0.674. The van der Waals surface area contributed by atoms with Crippen LogP contribution in [0, 0.1) is 5.92 Å². The third-order valence-electron chi connectivity index (χ3n) is 4.25. The van der Waals surface area contributed by atoms with Crippen LogP contribution >= 0.6 is 11.6 Å². The third kappa shape index (κ3) is 5.65. The number of carbonyl (C=O) groups excluding carboxylic acids is 2. The van der Waals surface area contributed by atoms with E-state index in [1.54, 1.807) is 36.4 Å². The lowest BCUT2D eigenvalue weighted by atomic mass is 10.0. The summed E-state index contributed by atoms with van der Waals surface area (Å²) in [6, 6.07) is 13.1. The smallest absolute Gasteiger partial charge is 0.251 e. The van der Waals surface area contributed by atoms with Gasteiger partial charge < -0.3 is 10.6 Å². The Bertz CT molecular complexity index is 971. The highest BCUT2D eigenvalue weighted by molar-refractivity contribution is 6.30. The van der Waals surface area contributed by atoms with Gasteiger partial charge in [-0.05, 0) is 48.7 Å². The number of anilines is 1. The molecule has 3 rings (SSSR count). The second-order valence-electron chi connectivity index (χ2n) is 7.07. The third-order valence-corrected chi connectivity index (χ3v) is 4.51. The molecule has 2 aromatic carbocycles. The van der Waals surface area contributed by atoms with Gasteiger partial charge in [0, 0.05) is 21.8 Å². The van der Waals surface area contributed by atoms with Crippen LogP contribution in [0.1, 0.15) is 30.6 Å². The Labute approximate surface area is 173 Å². The molecule has 0 aliphatic heterocycles. The first-order valence-electron chi connectivity index (χ1n) is 9.25. The number of halogens is 1. The Morgan fingerprint density at radius 3 is 2.55 bits per heavy atom. The second-order valence-corrected chi connectivity index (χ2v) is 7.50. The van der Waals surface area contributed by atoms with Gasteiger partial charge in [-0.3, -0.25) is 14.7 Å². The maximum Gasteiger partial charge on any atom is 0.251 e. The molecule has 1 unspecified atom stereocenters. The monoisotopic (exact) mass is 411 g/mol. The number of amides is 2. The number of aromatic nitrogens is 3. The summed E-state index contributed by atoms with van der Waals surface area (Å²) in [4.78, 5) is 29.6. The predicted octanol–water partition coefficient (Wildman–Crippen LogP) is 3.91. The number of aromatic amines is 1. The van der Waals surface area contributed by atoms with Crippen molar-refractivity contribution in [2.24, 2.45) is 5.92 Å². The van der Waals surface area contributed by atoms with Gasteiger partial charge in [-0.2, -0.15) is 5.10 Å². The normalized spacial score (nSPS) is 11.9. The number of hydrogen-bond acceptors (Lipinski definition) is 4. The number of H-pyrrole nitrogens is 1. The molecule has 0 saturated carbocycles. The fourth-order valence-electron chi connectivity index (χ4n) is 2.86. The first-order chi connectivity index (χ1) is 13.9. The van der Waals surface area contributed by atoms with Gasteiger partial charge in [0.15, 0.2) is 5.82 Å². The summed E-state index contributed by atoms with van der Waals surface area (Å²) >= 11 is 5.87. The number of nitrogens with zero attached hydrogens (tertiary/aromatic N) is 2. The van der Waals surface area contributed by atoms with Crippen molar-refractivity contribution in [1.82, 2.24) is 20.5 Å².